The van der Waals surface area contributed by atoms with E-state index >= 15 is 0 Å². The van der Waals surface area contributed by atoms with Crippen LogP contribution >= 0.6 is 0 Å². The van der Waals surface area contributed by atoms with Gasteiger partial charge in [-0.25, -0.2) is 0 Å². The van der Waals surface area contributed by atoms with Gasteiger partial charge in [0.25, 0.3) is 0 Å². The average molecular weight is 243 g/mol. The highest BCUT2D eigenvalue weighted by atomic mass is 16.5. The van der Waals surface area contributed by atoms with E-state index in [0.717, 1.165) is 0 Å². The lowest BCUT2D eigenvalue weighted by Gasteiger charge is -2.27. The van der Waals surface area contributed by atoms with E-state index < -0.39 is 6.04 Å². The van der Waals surface area contributed by atoms with E-state index in [1.807, 2.05) is 27.7 Å². The Kier molecular flexibility index (Phi) is 4.62. The zero-order valence-electron chi connectivity index (χ0n) is 10.8. The highest BCUT2D eigenvalue weighted by molar-refractivity contribution is 4.98. The zero-order valence-corrected chi connectivity index (χ0v) is 10.8. The molecule has 0 fully saturated rings. The molecule has 6 nitrogen and oxygen atoms in total. The third-order valence-electron chi connectivity index (χ3n) is 2.33. The second kappa shape index (κ2) is 5.57. The molecule has 1 aromatic rings. The molecule has 0 aliphatic rings. The van der Waals surface area contributed by atoms with E-state index in [0.29, 0.717) is 12.4 Å². The SMILES string of the molecule is CCOC(c1noc([C@H](N)CO)n1)C(C)(C)C. The van der Waals surface area contributed by atoms with Gasteiger partial charge in [0.05, 0.1) is 6.61 Å². The van der Waals surface area contributed by atoms with Gasteiger partial charge in [0.15, 0.2) is 0 Å². The first kappa shape index (κ1) is 14.1. The predicted octanol–water partition coefficient (Wildman–Crippen LogP) is 1.19. The van der Waals surface area contributed by atoms with Crippen LogP contribution in [-0.2, 0) is 4.74 Å². The summed E-state index contributed by atoms with van der Waals surface area (Å²) >= 11 is 0. The molecule has 1 unspecified atom stereocenters. The molecule has 1 rings (SSSR count). The van der Waals surface area contributed by atoms with Crippen molar-refractivity contribution >= 4 is 0 Å². The molecule has 98 valence electrons. The highest BCUT2D eigenvalue weighted by Gasteiger charge is 2.31. The fourth-order valence-corrected chi connectivity index (χ4v) is 1.46. The topological polar surface area (TPSA) is 94.4 Å². The molecule has 1 heterocycles. The Bertz CT molecular complexity index is 346. The van der Waals surface area contributed by atoms with Gasteiger partial charge in [0.1, 0.15) is 12.1 Å². The lowest BCUT2D eigenvalue weighted by atomic mass is 9.88. The van der Waals surface area contributed by atoms with Crippen LogP contribution in [0.5, 0.6) is 0 Å². The molecule has 2 atom stereocenters. The molecule has 17 heavy (non-hydrogen) atoms. The summed E-state index contributed by atoms with van der Waals surface area (Å²) in [6, 6.07) is -0.640. The summed E-state index contributed by atoms with van der Waals surface area (Å²) in [4.78, 5) is 4.18. The van der Waals surface area contributed by atoms with E-state index in [1.54, 1.807) is 0 Å². The van der Waals surface area contributed by atoms with Gasteiger partial charge in [-0.3, -0.25) is 0 Å². The molecule has 0 radical (unpaired) electrons. The fraction of sp³-hybridized carbons (Fsp3) is 0.818. The third-order valence-corrected chi connectivity index (χ3v) is 2.33. The first-order valence-electron chi connectivity index (χ1n) is 5.71. The molecule has 0 spiro atoms. The standard InChI is InChI=1S/C11H21N3O3/c1-5-16-8(11(2,3)4)9-13-10(17-14-9)7(12)6-15/h7-8,15H,5-6,12H2,1-4H3/t7-,8?/m1/s1. The number of hydrogen-bond donors (Lipinski definition) is 2. The van der Waals surface area contributed by atoms with E-state index in [-0.39, 0.29) is 24.0 Å². The van der Waals surface area contributed by atoms with Crippen molar-refractivity contribution in [3.8, 4) is 0 Å². The van der Waals surface area contributed by atoms with Gasteiger partial charge >= 0.3 is 0 Å². The summed E-state index contributed by atoms with van der Waals surface area (Å²) in [5.74, 6) is 0.703. The van der Waals surface area contributed by atoms with Crippen molar-refractivity contribution < 1.29 is 14.4 Å². The summed E-state index contributed by atoms with van der Waals surface area (Å²) in [6.45, 7) is 8.37. The number of aromatic nitrogens is 2. The quantitative estimate of drug-likeness (QED) is 0.806. The van der Waals surface area contributed by atoms with E-state index in [9.17, 15) is 0 Å². The summed E-state index contributed by atoms with van der Waals surface area (Å²) in [5.41, 5.74) is 5.47. The third kappa shape index (κ3) is 3.49. The van der Waals surface area contributed by atoms with Crippen molar-refractivity contribution in [2.24, 2.45) is 11.1 Å². The smallest absolute Gasteiger partial charge is 0.246 e. The molecule has 0 aliphatic heterocycles. The molecule has 0 amide bonds. The number of hydrogen-bond acceptors (Lipinski definition) is 6. The van der Waals surface area contributed by atoms with Crippen LogP contribution in [0.15, 0.2) is 4.52 Å². The maximum Gasteiger partial charge on any atom is 0.246 e. The molecule has 1 aromatic heterocycles. The van der Waals surface area contributed by atoms with Crippen molar-refractivity contribution in [2.45, 2.75) is 39.8 Å². The Morgan fingerprint density at radius 3 is 2.59 bits per heavy atom. The van der Waals surface area contributed by atoms with Crippen LogP contribution in [0.3, 0.4) is 0 Å². The van der Waals surface area contributed by atoms with Gasteiger partial charge in [-0.1, -0.05) is 25.9 Å². The number of nitrogens with zero attached hydrogens (tertiary/aromatic N) is 2. The van der Waals surface area contributed by atoms with Crippen molar-refractivity contribution in [1.29, 1.82) is 0 Å². The maximum atomic E-state index is 8.92. The Morgan fingerprint density at radius 1 is 1.47 bits per heavy atom. The van der Waals surface area contributed by atoms with Crippen molar-refractivity contribution in [2.75, 3.05) is 13.2 Å². The molecule has 6 heteroatoms. The number of nitrogens with two attached hydrogens (primary N) is 1. The Labute approximate surface area is 101 Å². The maximum absolute atomic E-state index is 8.92. The van der Waals surface area contributed by atoms with Gasteiger partial charge in [-0.2, -0.15) is 4.98 Å². The molecule has 0 saturated carbocycles. The monoisotopic (exact) mass is 243 g/mol. The highest BCUT2D eigenvalue weighted by Crippen LogP contribution is 2.34. The fourth-order valence-electron chi connectivity index (χ4n) is 1.46. The van der Waals surface area contributed by atoms with Gasteiger partial charge < -0.3 is 20.1 Å². The van der Waals surface area contributed by atoms with Crippen LogP contribution in [0.2, 0.25) is 0 Å². The second-order valence-corrected chi connectivity index (χ2v) is 4.98. The summed E-state index contributed by atoms with van der Waals surface area (Å²) in [6.07, 6.45) is -0.254. The van der Waals surface area contributed by atoms with Crippen LogP contribution in [0, 0.1) is 5.41 Å². The van der Waals surface area contributed by atoms with Gasteiger partial charge in [0, 0.05) is 6.61 Å². The van der Waals surface area contributed by atoms with Crippen molar-refractivity contribution in [3.63, 3.8) is 0 Å². The van der Waals surface area contributed by atoms with E-state index in [2.05, 4.69) is 10.1 Å². The average Bonchev–Trinajstić information content (AvgIpc) is 2.72. The predicted molar refractivity (Wildman–Crippen MR) is 62.1 cm³/mol. The van der Waals surface area contributed by atoms with E-state index in [4.69, 9.17) is 20.1 Å². The lowest BCUT2D eigenvalue weighted by Crippen LogP contribution is -2.23. The van der Waals surface area contributed by atoms with Crippen LogP contribution in [0.1, 0.15) is 51.6 Å². The molecule has 0 aromatic carbocycles. The largest absolute Gasteiger partial charge is 0.394 e. The summed E-state index contributed by atoms with van der Waals surface area (Å²) < 4.78 is 10.6. The molecule has 0 aliphatic carbocycles. The van der Waals surface area contributed by atoms with Crippen LogP contribution in [0.25, 0.3) is 0 Å². The molecule has 0 saturated heterocycles. The normalized spacial score (nSPS) is 15.9. The van der Waals surface area contributed by atoms with Gasteiger partial charge in [-0.05, 0) is 12.3 Å². The number of rotatable bonds is 5. The van der Waals surface area contributed by atoms with E-state index in [1.165, 1.54) is 0 Å². The van der Waals surface area contributed by atoms with Crippen LogP contribution in [-0.4, -0.2) is 28.5 Å². The van der Waals surface area contributed by atoms with Gasteiger partial charge in [-0.15, -0.1) is 0 Å². The first-order chi connectivity index (χ1) is 7.90. The van der Waals surface area contributed by atoms with Crippen molar-refractivity contribution in [3.05, 3.63) is 11.7 Å². The van der Waals surface area contributed by atoms with Crippen molar-refractivity contribution in [1.82, 2.24) is 10.1 Å². The molecular formula is C11H21N3O3. The summed E-state index contributed by atoms with van der Waals surface area (Å²) in [7, 11) is 0. The zero-order chi connectivity index (χ0) is 13.1. The molecular weight excluding hydrogens is 222 g/mol. The Morgan fingerprint density at radius 2 is 2.12 bits per heavy atom. The lowest BCUT2D eigenvalue weighted by molar-refractivity contribution is -0.0203. The minimum atomic E-state index is -0.640. The molecule has 0 bridgehead atoms. The minimum Gasteiger partial charge on any atom is -0.394 e. The Hall–Kier alpha value is -0.980. The Balaban J connectivity index is 2.92. The minimum absolute atomic E-state index is 0.138. The number of ether oxygens (including phenoxy) is 1. The number of aliphatic hydroxyl groups is 1. The second-order valence-electron chi connectivity index (χ2n) is 4.98. The summed E-state index contributed by atoms with van der Waals surface area (Å²) in [5, 5.41) is 12.8. The number of aliphatic hydroxyl groups excluding tert-OH is 1. The molecule has 3 N–H and O–H groups in total. The van der Waals surface area contributed by atoms with Crippen LogP contribution in [0.4, 0.5) is 0 Å². The van der Waals surface area contributed by atoms with Crippen LogP contribution < -0.4 is 5.73 Å². The first-order valence-corrected chi connectivity index (χ1v) is 5.71. The van der Waals surface area contributed by atoms with Gasteiger partial charge in [0.2, 0.25) is 11.7 Å².